The summed E-state index contributed by atoms with van der Waals surface area (Å²) in [7, 11) is 3.92. The van der Waals surface area contributed by atoms with Crippen LogP contribution in [0.4, 0.5) is 4.39 Å². The van der Waals surface area contributed by atoms with Crippen molar-refractivity contribution in [3.63, 3.8) is 0 Å². The number of rotatable bonds is 7. The maximum absolute atomic E-state index is 14.8. The van der Waals surface area contributed by atoms with Gasteiger partial charge in [-0.3, -0.25) is 4.68 Å². The number of nitrogens with zero attached hydrogens (tertiary/aromatic N) is 3. The van der Waals surface area contributed by atoms with Gasteiger partial charge in [-0.2, -0.15) is 5.10 Å². The molecule has 2 N–H and O–H groups in total. The van der Waals surface area contributed by atoms with Crippen LogP contribution in [0.1, 0.15) is 25.5 Å². The standard InChI is InChI=1S/C12H22ClFN4/c1-4-5-12(14,9-15)11-10(13)8-16-18(11)7-6-17(2)3/h8H,4-7,9,15H2,1-3H3. The normalized spacial score (nSPS) is 15.1. The van der Waals surface area contributed by atoms with E-state index in [0.29, 0.717) is 30.1 Å². The molecule has 0 aromatic carbocycles. The Morgan fingerprint density at radius 3 is 2.72 bits per heavy atom. The number of halogens is 2. The Morgan fingerprint density at radius 1 is 1.56 bits per heavy atom. The van der Waals surface area contributed by atoms with E-state index in [-0.39, 0.29) is 6.54 Å². The highest BCUT2D eigenvalue weighted by Crippen LogP contribution is 2.34. The zero-order valence-corrected chi connectivity index (χ0v) is 12.0. The number of hydrogen-bond donors (Lipinski definition) is 1. The van der Waals surface area contributed by atoms with Gasteiger partial charge >= 0.3 is 0 Å². The lowest BCUT2D eigenvalue weighted by atomic mass is 9.96. The maximum atomic E-state index is 14.8. The van der Waals surface area contributed by atoms with Crippen LogP contribution in [0.25, 0.3) is 0 Å². The lowest BCUT2D eigenvalue weighted by Crippen LogP contribution is -2.34. The number of nitrogens with two attached hydrogens (primary N) is 1. The SMILES string of the molecule is CCCC(F)(CN)c1c(Cl)cnn1CCN(C)C. The predicted molar refractivity (Wildman–Crippen MR) is 72.5 cm³/mol. The van der Waals surface area contributed by atoms with Crippen molar-refractivity contribution in [2.45, 2.75) is 32.0 Å². The molecule has 0 aliphatic heterocycles. The van der Waals surface area contributed by atoms with Crippen LogP contribution in [0.3, 0.4) is 0 Å². The second-order valence-corrected chi connectivity index (χ2v) is 5.19. The minimum atomic E-state index is -1.59. The first kappa shape index (κ1) is 15.4. The van der Waals surface area contributed by atoms with Crippen molar-refractivity contribution < 1.29 is 4.39 Å². The van der Waals surface area contributed by atoms with Gasteiger partial charge in [-0.15, -0.1) is 0 Å². The highest BCUT2D eigenvalue weighted by Gasteiger charge is 2.35. The number of aromatic nitrogens is 2. The smallest absolute Gasteiger partial charge is 0.165 e. The summed E-state index contributed by atoms with van der Waals surface area (Å²) in [5.74, 6) is 0. The fraction of sp³-hybridized carbons (Fsp3) is 0.750. The molecular weight excluding hydrogens is 255 g/mol. The number of alkyl halides is 1. The first-order chi connectivity index (χ1) is 8.44. The van der Waals surface area contributed by atoms with Gasteiger partial charge in [0.25, 0.3) is 0 Å². The van der Waals surface area contributed by atoms with Gasteiger partial charge in [-0.1, -0.05) is 24.9 Å². The van der Waals surface area contributed by atoms with Crippen LogP contribution in [0.15, 0.2) is 6.20 Å². The summed E-state index contributed by atoms with van der Waals surface area (Å²) in [6, 6.07) is 0. The molecule has 0 aliphatic carbocycles. The lowest BCUT2D eigenvalue weighted by Gasteiger charge is -2.25. The van der Waals surface area contributed by atoms with E-state index in [1.807, 2.05) is 25.9 Å². The van der Waals surface area contributed by atoms with E-state index in [1.54, 1.807) is 4.68 Å². The fourth-order valence-corrected chi connectivity index (χ4v) is 2.30. The zero-order chi connectivity index (χ0) is 13.8. The molecule has 18 heavy (non-hydrogen) atoms. The van der Waals surface area contributed by atoms with Crippen LogP contribution in [0.2, 0.25) is 5.02 Å². The quantitative estimate of drug-likeness (QED) is 0.829. The molecule has 1 aromatic heterocycles. The third kappa shape index (κ3) is 3.43. The van der Waals surface area contributed by atoms with Crippen molar-refractivity contribution in [2.24, 2.45) is 5.73 Å². The van der Waals surface area contributed by atoms with Crippen molar-refractivity contribution in [1.29, 1.82) is 0 Å². The summed E-state index contributed by atoms with van der Waals surface area (Å²) in [4.78, 5) is 2.02. The molecule has 0 fully saturated rings. The van der Waals surface area contributed by atoms with E-state index in [0.717, 1.165) is 6.54 Å². The van der Waals surface area contributed by atoms with Crippen molar-refractivity contribution >= 4 is 11.6 Å². The van der Waals surface area contributed by atoms with Gasteiger partial charge in [0.2, 0.25) is 0 Å². The highest BCUT2D eigenvalue weighted by atomic mass is 35.5. The summed E-state index contributed by atoms with van der Waals surface area (Å²) in [6.45, 7) is 3.23. The molecule has 0 amide bonds. The molecule has 0 spiro atoms. The van der Waals surface area contributed by atoms with Crippen molar-refractivity contribution in [1.82, 2.24) is 14.7 Å². The lowest BCUT2D eigenvalue weighted by molar-refractivity contribution is 0.144. The maximum Gasteiger partial charge on any atom is 0.165 e. The highest BCUT2D eigenvalue weighted by molar-refractivity contribution is 6.31. The van der Waals surface area contributed by atoms with Gasteiger partial charge in [-0.25, -0.2) is 4.39 Å². The Bertz CT molecular complexity index is 380. The van der Waals surface area contributed by atoms with Crippen LogP contribution >= 0.6 is 11.6 Å². The Balaban J connectivity index is 3.01. The molecule has 1 aromatic rings. The third-order valence-electron chi connectivity index (χ3n) is 2.95. The van der Waals surface area contributed by atoms with Gasteiger partial charge in [0, 0.05) is 13.1 Å². The molecule has 0 radical (unpaired) electrons. The van der Waals surface area contributed by atoms with Gasteiger partial charge in [0.05, 0.1) is 23.5 Å². The summed E-state index contributed by atoms with van der Waals surface area (Å²) in [6.07, 6.45) is 2.56. The topological polar surface area (TPSA) is 47.1 Å². The minimum Gasteiger partial charge on any atom is -0.327 e. The number of hydrogen-bond acceptors (Lipinski definition) is 3. The molecule has 104 valence electrons. The minimum absolute atomic E-state index is 0.0752. The third-order valence-corrected chi connectivity index (χ3v) is 3.22. The van der Waals surface area contributed by atoms with Crippen LogP contribution in [-0.2, 0) is 12.2 Å². The van der Waals surface area contributed by atoms with E-state index < -0.39 is 5.67 Å². The van der Waals surface area contributed by atoms with Crippen LogP contribution in [0.5, 0.6) is 0 Å². The van der Waals surface area contributed by atoms with E-state index in [4.69, 9.17) is 17.3 Å². The van der Waals surface area contributed by atoms with E-state index in [2.05, 4.69) is 5.10 Å². The first-order valence-corrected chi connectivity index (χ1v) is 6.58. The molecule has 1 unspecified atom stereocenters. The monoisotopic (exact) mass is 276 g/mol. The molecule has 0 bridgehead atoms. The van der Waals surface area contributed by atoms with Gasteiger partial charge in [0.1, 0.15) is 0 Å². The predicted octanol–water partition coefficient (Wildman–Crippen LogP) is 2.02. The molecule has 1 rings (SSSR count). The molecule has 4 nitrogen and oxygen atoms in total. The Kier molecular flexibility index (Phi) is 5.56. The van der Waals surface area contributed by atoms with Crippen LogP contribution in [-0.4, -0.2) is 41.9 Å². The van der Waals surface area contributed by atoms with Crippen molar-refractivity contribution in [3.8, 4) is 0 Å². The summed E-state index contributed by atoms with van der Waals surface area (Å²) >= 11 is 6.07. The van der Waals surface area contributed by atoms with Gasteiger partial charge < -0.3 is 10.6 Å². The molecule has 6 heteroatoms. The molecule has 0 saturated carbocycles. The van der Waals surface area contributed by atoms with E-state index in [1.165, 1.54) is 6.20 Å². The van der Waals surface area contributed by atoms with Crippen molar-refractivity contribution in [2.75, 3.05) is 27.2 Å². The van der Waals surface area contributed by atoms with Crippen molar-refractivity contribution in [3.05, 3.63) is 16.9 Å². The Morgan fingerprint density at radius 2 is 2.22 bits per heavy atom. The van der Waals surface area contributed by atoms with Crippen LogP contribution < -0.4 is 5.73 Å². The van der Waals surface area contributed by atoms with Gasteiger partial charge in [0.15, 0.2) is 5.67 Å². The molecule has 0 aliphatic rings. The largest absolute Gasteiger partial charge is 0.327 e. The summed E-state index contributed by atoms with van der Waals surface area (Å²) in [5, 5.41) is 4.50. The molecule has 0 saturated heterocycles. The zero-order valence-electron chi connectivity index (χ0n) is 11.3. The van der Waals surface area contributed by atoms with E-state index in [9.17, 15) is 4.39 Å². The van der Waals surface area contributed by atoms with Gasteiger partial charge in [-0.05, 0) is 20.5 Å². The molecule has 1 atom stereocenters. The average Bonchev–Trinajstić information content (AvgIpc) is 2.68. The number of likely N-dealkylation sites (N-methyl/N-ethyl adjacent to an activating group) is 1. The fourth-order valence-electron chi connectivity index (χ4n) is 1.99. The van der Waals surface area contributed by atoms with Crippen LogP contribution in [0, 0.1) is 0 Å². The Hall–Kier alpha value is -0.650. The second-order valence-electron chi connectivity index (χ2n) is 4.79. The Labute approximate surface area is 113 Å². The second kappa shape index (κ2) is 6.50. The first-order valence-electron chi connectivity index (χ1n) is 6.20. The molecular formula is C12H22ClFN4. The molecule has 1 heterocycles. The summed E-state index contributed by atoms with van der Waals surface area (Å²) < 4.78 is 16.5. The summed E-state index contributed by atoms with van der Waals surface area (Å²) in [5.41, 5.74) is 4.42. The van der Waals surface area contributed by atoms with E-state index >= 15 is 0 Å². The average molecular weight is 277 g/mol.